The molecule has 10 heteroatoms. The molecule has 2 aliphatic heterocycles. The van der Waals surface area contributed by atoms with E-state index in [9.17, 15) is 14.4 Å². The Labute approximate surface area is 215 Å². The molecule has 3 amide bonds. The van der Waals surface area contributed by atoms with E-state index in [-0.39, 0.29) is 43.3 Å². The van der Waals surface area contributed by atoms with Gasteiger partial charge in [0, 0.05) is 26.6 Å². The minimum atomic E-state index is -0.569. The van der Waals surface area contributed by atoms with E-state index < -0.39 is 18.0 Å². The number of carbonyl (C=O) groups excluding carboxylic acids is 3. The first-order valence-corrected chi connectivity index (χ1v) is 12.5. The van der Waals surface area contributed by atoms with Crippen LogP contribution in [-0.2, 0) is 25.7 Å². The van der Waals surface area contributed by atoms with Crippen LogP contribution in [0.3, 0.4) is 0 Å². The molecular formula is C27H33FN4O5. The second-order valence-corrected chi connectivity index (χ2v) is 9.61. The molecule has 2 heterocycles. The molecule has 2 N–H and O–H groups in total. The molecule has 3 atom stereocenters. The molecule has 0 aromatic heterocycles. The topological polar surface area (TPSA) is 100 Å². The summed E-state index contributed by atoms with van der Waals surface area (Å²) in [6, 6.07) is 14.4. The number of halogens is 1. The van der Waals surface area contributed by atoms with Gasteiger partial charge < -0.3 is 25.0 Å². The van der Waals surface area contributed by atoms with Crippen LogP contribution in [-0.4, -0.2) is 63.3 Å². The molecule has 0 saturated carbocycles. The predicted octanol–water partition coefficient (Wildman–Crippen LogP) is 2.69. The van der Waals surface area contributed by atoms with Crippen molar-refractivity contribution in [2.45, 2.75) is 26.6 Å². The van der Waals surface area contributed by atoms with Crippen molar-refractivity contribution in [3.63, 3.8) is 0 Å². The Morgan fingerprint density at radius 3 is 2.59 bits per heavy atom. The van der Waals surface area contributed by atoms with Crippen molar-refractivity contribution in [1.82, 2.24) is 10.6 Å². The zero-order valence-electron chi connectivity index (χ0n) is 21.1. The summed E-state index contributed by atoms with van der Waals surface area (Å²) in [5.41, 5.74) is 1.87. The fourth-order valence-corrected chi connectivity index (χ4v) is 4.64. The highest BCUT2D eigenvalue weighted by atomic mass is 19.1. The molecule has 0 spiro atoms. The van der Waals surface area contributed by atoms with Gasteiger partial charge in [-0.25, -0.2) is 9.18 Å². The lowest BCUT2D eigenvalue weighted by Crippen LogP contribution is -2.34. The molecule has 3 unspecified atom stereocenters. The van der Waals surface area contributed by atoms with Crippen LogP contribution in [0.4, 0.5) is 20.6 Å². The molecule has 198 valence electrons. The number of rotatable bonds is 10. The van der Waals surface area contributed by atoms with E-state index >= 15 is 4.39 Å². The van der Waals surface area contributed by atoms with Gasteiger partial charge in [-0.1, -0.05) is 37.3 Å². The molecule has 0 radical (unpaired) electrons. The summed E-state index contributed by atoms with van der Waals surface area (Å²) in [4.78, 5) is 38.9. The predicted molar refractivity (Wildman–Crippen MR) is 137 cm³/mol. The minimum absolute atomic E-state index is 0.0135. The Morgan fingerprint density at radius 2 is 1.86 bits per heavy atom. The summed E-state index contributed by atoms with van der Waals surface area (Å²) in [7, 11) is 0. The molecular weight excluding hydrogens is 479 g/mol. The molecule has 0 aliphatic carbocycles. The molecule has 37 heavy (non-hydrogen) atoms. The van der Waals surface area contributed by atoms with Crippen LogP contribution in [0.15, 0.2) is 48.5 Å². The van der Waals surface area contributed by atoms with E-state index in [4.69, 9.17) is 9.47 Å². The van der Waals surface area contributed by atoms with Crippen molar-refractivity contribution in [2.75, 3.05) is 49.1 Å². The lowest BCUT2D eigenvalue weighted by atomic mass is 9.98. The number of carbonyl (C=O) groups is 3. The third kappa shape index (κ3) is 6.97. The van der Waals surface area contributed by atoms with Gasteiger partial charge in [-0.2, -0.15) is 0 Å². The van der Waals surface area contributed by atoms with Crippen molar-refractivity contribution in [3.8, 4) is 0 Å². The van der Waals surface area contributed by atoms with Gasteiger partial charge in [0.25, 0.3) is 0 Å². The second kappa shape index (κ2) is 12.1. The SMILES string of the molecule is CC(=O)NCC1CN(c2ccc(N3CC(C)C(CNC(=O)COCc4ccccc4)C3)c(F)c2)C(=O)O1. The number of nitrogens with one attached hydrogen (secondary N) is 2. The first kappa shape index (κ1) is 26.4. The van der Waals surface area contributed by atoms with Gasteiger partial charge in [0.2, 0.25) is 11.8 Å². The summed E-state index contributed by atoms with van der Waals surface area (Å²) in [5.74, 6) is -0.389. The molecule has 2 fully saturated rings. The van der Waals surface area contributed by atoms with Crippen LogP contribution in [0.1, 0.15) is 19.4 Å². The van der Waals surface area contributed by atoms with Crippen LogP contribution in [0, 0.1) is 17.7 Å². The maximum Gasteiger partial charge on any atom is 0.414 e. The third-order valence-corrected chi connectivity index (χ3v) is 6.71. The lowest BCUT2D eigenvalue weighted by Gasteiger charge is -2.21. The summed E-state index contributed by atoms with van der Waals surface area (Å²) in [6.45, 7) is 6.03. The quantitative estimate of drug-likeness (QED) is 0.508. The Bertz CT molecular complexity index is 1120. The maximum absolute atomic E-state index is 15.1. The number of amides is 3. The number of ether oxygens (including phenoxy) is 2. The average Bonchev–Trinajstić information content (AvgIpc) is 3.43. The van der Waals surface area contributed by atoms with Crippen LogP contribution in [0.25, 0.3) is 0 Å². The van der Waals surface area contributed by atoms with E-state index in [2.05, 4.69) is 17.6 Å². The minimum Gasteiger partial charge on any atom is -0.442 e. The summed E-state index contributed by atoms with van der Waals surface area (Å²) in [6.07, 6.45) is -1.06. The average molecular weight is 513 g/mol. The molecule has 2 aromatic rings. The molecule has 4 rings (SSSR count). The number of anilines is 2. The van der Waals surface area contributed by atoms with E-state index in [1.807, 2.05) is 35.2 Å². The number of cyclic esters (lactones) is 1. The van der Waals surface area contributed by atoms with Crippen molar-refractivity contribution in [2.24, 2.45) is 11.8 Å². The smallest absolute Gasteiger partial charge is 0.414 e. The molecule has 2 aliphatic rings. The van der Waals surface area contributed by atoms with Gasteiger partial charge in [0.1, 0.15) is 18.5 Å². The second-order valence-electron chi connectivity index (χ2n) is 9.61. The van der Waals surface area contributed by atoms with Crippen LogP contribution in [0.2, 0.25) is 0 Å². The van der Waals surface area contributed by atoms with E-state index in [1.54, 1.807) is 12.1 Å². The maximum atomic E-state index is 15.1. The summed E-state index contributed by atoms with van der Waals surface area (Å²) >= 11 is 0. The van der Waals surface area contributed by atoms with Crippen LogP contribution < -0.4 is 20.4 Å². The fraction of sp³-hybridized carbons (Fsp3) is 0.444. The fourth-order valence-electron chi connectivity index (χ4n) is 4.64. The Balaban J connectivity index is 1.26. The monoisotopic (exact) mass is 512 g/mol. The van der Waals surface area contributed by atoms with E-state index in [0.29, 0.717) is 37.6 Å². The van der Waals surface area contributed by atoms with Gasteiger partial charge in [-0.15, -0.1) is 0 Å². The van der Waals surface area contributed by atoms with Gasteiger partial charge >= 0.3 is 6.09 Å². The van der Waals surface area contributed by atoms with Crippen LogP contribution >= 0.6 is 0 Å². The molecule has 2 saturated heterocycles. The number of benzene rings is 2. The van der Waals surface area contributed by atoms with Crippen molar-refractivity contribution >= 4 is 29.3 Å². The molecule has 2 aromatic carbocycles. The highest BCUT2D eigenvalue weighted by Gasteiger charge is 2.34. The number of hydrogen-bond acceptors (Lipinski definition) is 6. The van der Waals surface area contributed by atoms with Gasteiger partial charge in [-0.05, 0) is 35.6 Å². The summed E-state index contributed by atoms with van der Waals surface area (Å²) in [5, 5.41) is 5.55. The zero-order chi connectivity index (χ0) is 26.4. The van der Waals surface area contributed by atoms with E-state index in [0.717, 1.165) is 5.56 Å². The van der Waals surface area contributed by atoms with Crippen molar-refractivity contribution in [3.05, 3.63) is 59.9 Å². The van der Waals surface area contributed by atoms with Gasteiger partial charge in [-0.3, -0.25) is 14.5 Å². The number of nitrogens with zero attached hydrogens (tertiary/aromatic N) is 2. The first-order valence-electron chi connectivity index (χ1n) is 12.5. The van der Waals surface area contributed by atoms with Crippen LogP contribution in [0.5, 0.6) is 0 Å². The zero-order valence-corrected chi connectivity index (χ0v) is 21.1. The van der Waals surface area contributed by atoms with E-state index in [1.165, 1.54) is 17.9 Å². The number of hydrogen-bond donors (Lipinski definition) is 2. The third-order valence-electron chi connectivity index (χ3n) is 6.71. The van der Waals surface area contributed by atoms with Crippen molar-refractivity contribution < 1.29 is 28.2 Å². The van der Waals surface area contributed by atoms with Crippen molar-refractivity contribution in [1.29, 1.82) is 0 Å². The largest absolute Gasteiger partial charge is 0.442 e. The van der Waals surface area contributed by atoms with Gasteiger partial charge in [0.05, 0.1) is 31.1 Å². The molecule has 0 bridgehead atoms. The Kier molecular flexibility index (Phi) is 8.60. The Hall–Kier alpha value is -3.66. The first-order chi connectivity index (χ1) is 17.8. The lowest BCUT2D eigenvalue weighted by molar-refractivity contribution is -0.126. The Morgan fingerprint density at radius 1 is 1.08 bits per heavy atom. The normalized spacial score (nSPS) is 21.2. The highest BCUT2D eigenvalue weighted by molar-refractivity contribution is 5.90. The summed E-state index contributed by atoms with van der Waals surface area (Å²) < 4.78 is 25.9. The standard InChI is InChI=1S/C27H33FN4O5/c1-18-13-31(14-21(18)11-30-26(34)17-36-16-20-6-4-3-5-7-20)25-9-8-22(10-24(25)28)32-15-23(37-27(32)35)12-29-19(2)33/h3-10,18,21,23H,11-17H2,1-2H3,(H,29,33)(H,30,34). The highest BCUT2D eigenvalue weighted by Crippen LogP contribution is 2.32. The molecule has 9 nitrogen and oxygen atoms in total. The van der Waals surface area contributed by atoms with Gasteiger partial charge in [0.15, 0.2) is 0 Å².